The zero-order valence-corrected chi connectivity index (χ0v) is 20.5. The van der Waals surface area contributed by atoms with E-state index >= 15 is 0 Å². The highest BCUT2D eigenvalue weighted by Gasteiger charge is 2.26. The van der Waals surface area contributed by atoms with Gasteiger partial charge in [0.05, 0.1) is 13.2 Å². The van der Waals surface area contributed by atoms with E-state index in [2.05, 4.69) is 10.1 Å². The fourth-order valence-corrected chi connectivity index (χ4v) is 3.97. The zero-order chi connectivity index (χ0) is 25.4. The van der Waals surface area contributed by atoms with Crippen LogP contribution in [0.5, 0.6) is 0 Å². The van der Waals surface area contributed by atoms with Gasteiger partial charge < -0.3 is 14.4 Å². The molecule has 0 radical (unpaired) electrons. The van der Waals surface area contributed by atoms with Crippen LogP contribution in [0.15, 0.2) is 48.5 Å². The van der Waals surface area contributed by atoms with E-state index in [9.17, 15) is 14.4 Å². The molecule has 1 aliphatic rings. The highest BCUT2D eigenvalue weighted by molar-refractivity contribution is 6.04. The molecule has 8 nitrogen and oxygen atoms in total. The number of hydrogen-bond donors (Lipinski definition) is 2. The number of amides is 2. The number of methoxy groups -OCH3 is 1. The first-order valence-corrected chi connectivity index (χ1v) is 11.9. The summed E-state index contributed by atoms with van der Waals surface area (Å²) in [4.78, 5) is 38.1. The SMILES string of the molecule is CC[C@@H](C)OC(=O)CC1CCN(C(=O)c2ccc(-c3ccc(C(=N)NC(=O)OC)cc3)cc2)CC1. The Balaban J connectivity index is 1.53. The van der Waals surface area contributed by atoms with E-state index in [-0.39, 0.29) is 29.7 Å². The van der Waals surface area contributed by atoms with Gasteiger partial charge in [-0.25, -0.2) is 4.79 Å². The summed E-state index contributed by atoms with van der Waals surface area (Å²) in [7, 11) is 1.25. The lowest BCUT2D eigenvalue weighted by atomic mass is 9.93. The second-order valence-electron chi connectivity index (χ2n) is 8.79. The molecule has 2 aromatic rings. The number of esters is 1. The molecule has 1 saturated heterocycles. The van der Waals surface area contributed by atoms with Crippen LogP contribution in [0.4, 0.5) is 4.79 Å². The molecule has 2 N–H and O–H groups in total. The Morgan fingerprint density at radius 3 is 2.06 bits per heavy atom. The number of rotatable bonds is 7. The average molecular weight is 480 g/mol. The van der Waals surface area contributed by atoms with Crippen molar-refractivity contribution in [3.05, 3.63) is 59.7 Å². The standard InChI is InChI=1S/C27H33N3O5/c1-4-18(2)35-24(31)17-19-13-15-30(16-14-19)26(32)23-11-7-21(8-12-23)20-5-9-22(10-6-20)25(28)29-27(33)34-3/h5-12,18-19H,4,13-17H2,1-3H3,(H2,28,29,33)/t18-/m1/s1. The van der Waals surface area contributed by atoms with Crippen LogP contribution in [0, 0.1) is 11.3 Å². The molecule has 2 aromatic carbocycles. The Bertz CT molecular complexity index is 1040. The number of benzene rings is 2. The number of piperidine rings is 1. The Hall–Kier alpha value is -3.68. The molecule has 1 fully saturated rings. The number of alkyl carbamates (subject to hydrolysis) is 1. The van der Waals surface area contributed by atoms with Crippen LogP contribution in [0.1, 0.15) is 55.5 Å². The summed E-state index contributed by atoms with van der Waals surface area (Å²) in [6.45, 7) is 5.16. The summed E-state index contributed by atoms with van der Waals surface area (Å²) in [6, 6.07) is 14.7. The van der Waals surface area contributed by atoms with Crippen LogP contribution in [-0.2, 0) is 14.3 Å². The van der Waals surface area contributed by atoms with Gasteiger partial charge in [-0.2, -0.15) is 0 Å². The first-order valence-electron chi connectivity index (χ1n) is 11.9. The maximum Gasteiger partial charge on any atom is 0.412 e. The number of hydrogen-bond acceptors (Lipinski definition) is 6. The Labute approximate surface area is 206 Å². The zero-order valence-electron chi connectivity index (χ0n) is 20.5. The van der Waals surface area contributed by atoms with E-state index < -0.39 is 6.09 Å². The molecule has 2 amide bonds. The van der Waals surface area contributed by atoms with E-state index in [0.29, 0.717) is 30.6 Å². The average Bonchev–Trinajstić information content (AvgIpc) is 2.88. The minimum absolute atomic E-state index is 0.00476. The lowest BCUT2D eigenvalue weighted by molar-refractivity contribution is -0.149. The van der Waals surface area contributed by atoms with Crippen molar-refractivity contribution in [3.63, 3.8) is 0 Å². The van der Waals surface area contributed by atoms with Crippen molar-refractivity contribution in [2.45, 2.75) is 45.6 Å². The molecule has 3 rings (SSSR count). The number of carbonyl (C=O) groups is 3. The molecule has 1 atom stereocenters. The molecule has 8 heteroatoms. The molecule has 0 saturated carbocycles. The predicted molar refractivity (Wildman–Crippen MR) is 133 cm³/mol. The van der Waals surface area contributed by atoms with Gasteiger partial charge in [0, 0.05) is 30.6 Å². The maximum absolute atomic E-state index is 13.0. The summed E-state index contributed by atoms with van der Waals surface area (Å²) < 4.78 is 9.89. The van der Waals surface area contributed by atoms with Gasteiger partial charge in [0.15, 0.2) is 0 Å². The van der Waals surface area contributed by atoms with Crippen molar-refractivity contribution in [1.29, 1.82) is 5.41 Å². The molecule has 1 heterocycles. The molecule has 0 aliphatic carbocycles. The van der Waals surface area contributed by atoms with Crippen molar-refractivity contribution in [2.24, 2.45) is 5.92 Å². The molecular formula is C27H33N3O5. The van der Waals surface area contributed by atoms with Gasteiger partial charge in [-0.3, -0.25) is 20.3 Å². The predicted octanol–water partition coefficient (Wildman–Crippen LogP) is 4.62. The molecule has 0 bridgehead atoms. The Morgan fingerprint density at radius 1 is 1.00 bits per heavy atom. The number of carbonyl (C=O) groups excluding carboxylic acids is 3. The minimum Gasteiger partial charge on any atom is -0.463 e. The quantitative estimate of drug-likeness (QED) is 0.342. The largest absolute Gasteiger partial charge is 0.463 e. The van der Waals surface area contributed by atoms with Crippen molar-refractivity contribution in [1.82, 2.24) is 10.2 Å². The molecule has 0 spiro atoms. The van der Waals surface area contributed by atoms with Crippen molar-refractivity contribution in [2.75, 3.05) is 20.2 Å². The van der Waals surface area contributed by atoms with Gasteiger partial charge in [0.2, 0.25) is 0 Å². The van der Waals surface area contributed by atoms with E-state index in [1.807, 2.05) is 55.1 Å². The van der Waals surface area contributed by atoms with Gasteiger partial charge in [-0.05, 0) is 55.4 Å². The summed E-state index contributed by atoms with van der Waals surface area (Å²) in [5.74, 6) is 0.0601. The number of nitrogens with one attached hydrogen (secondary N) is 2. The monoisotopic (exact) mass is 479 g/mol. The van der Waals surface area contributed by atoms with Gasteiger partial charge in [0.1, 0.15) is 5.84 Å². The van der Waals surface area contributed by atoms with Crippen LogP contribution in [0.3, 0.4) is 0 Å². The number of likely N-dealkylation sites (tertiary alicyclic amines) is 1. The summed E-state index contributed by atoms with van der Waals surface area (Å²) in [5.41, 5.74) is 3.06. The number of amidine groups is 1. The first-order chi connectivity index (χ1) is 16.8. The fourth-order valence-electron chi connectivity index (χ4n) is 3.97. The Kier molecular flexibility index (Phi) is 9.00. The molecular weight excluding hydrogens is 446 g/mol. The van der Waals surface area contributed by atoms with E-state index in [0.717, 1.165) is 30.4 Å². The van der Waals surface area contributed by atoms with Crippen LogP contribution in [0.2, 0.25) is 0 Å². The van der Waals surface area contributed by atoms with Crippen molar-refractivity contribution in [3.8, 4) is 11.1 Å². The van der Waals surface area contributed by atoms with Gasteiger partial charge in [-0.1, -0.05) is 43.3 Å². The molecule has 0 unspecified atom stereocenters. The van der Waals surface area contributed by atoms with Crippen molar-refractivity contribution >= 4 is 23.8 Å². The third kappa shape index (κ3) is 7.15. The van der Waals surface area contributed by atoms with Gasteiger partial charge in [-0.15, -0.1) is 0 Å². The molecule has 0 aromatic heterocycles. The first kappa shape index (κ1) is 25.9. The number of ether oxygens (including phenoxy) is 2. The third-order valence-electron chi connectivity index (χ3n) is 6.32. The second kappa shape index (κ2) is 12.1. The highest BCUT2D eigenvalue weighted by Crippen LogP contribution is 2.24. The smallest absolute Gasteiger partial charge is 0.412 e. The lowest BCUT2D eigenvalue weighted by Gasteiger charge is -2.32. The summed E-state index contributed by atoms with van der Waals surface area (Å²) in [6.07, 6.45) is 2.08. The van der Waals surface area contributed by atoms with E-state index in [1.165, 1.54) is 7.11 Å². The van der Waals surface area contributed by atoms with Crippen LogP contribution in [-0.4, -0.2) is 55.0 Å². The van der Waals surface area contributed by atoms with E-state index in [4.69, 9.17) is 10.1 Å². The minimum atomic E-state index is -0.687. The highest BCUT2D eigenvalue weighted by atomic mass is 16.5. The molecule has 1 aliphatic heterocycles. The third-order valence-corrected chi connectivity index (χ3v) is 6.32. The maximum atomic E-state index is 13.0. The fraction of sp³-hybridized carbons (Fsp3) is 0.407. The van der Waals surface area contributed by atoms with Crippen molar-refractivity contribution < 1.29 is 23.9 Å². The van der Waals surface area contributed by atoms with Crippen LogP contribution >= 0.6 is 0 Å². The topological polar surface area (TPSA) is 109 Å². The molecule has 186 valence electrons. The van der Waals surface area contributed by atoms with Gasteiger partial charge in [0.25, 0.3) is 5.91 Å². The van der Waals surface area contributed by atoms with E-state index in [1.54, 1.807) is 12.1 Å². The second-order valence-corrected chi connectivity index (χ2v) is 8.79. The van der Waals surface area contributed by atoms with Crippen LogP contribution < -0.4 is 5.32 Å². The molecule has 35 heavy (non-hydrogen) atoms. The van der Waals surface area contributed by atoms with Gasteiger partial charge >= 0.3 is 12.1 Å². The normalized spacial score (nSPS) is 14.7. The summed E-state index contributed by atoms with van der Waals surface area (Å²) in [5, 5.41) is 10.2. The Morgan fingerprint density at radius 2 is 1.54 bits per heavy atom. The number of nitrogens with zero attached hydrogens (tertiary/aromatic N) is 1. The summed E-state index contributed by atoms with van der Waals surface area (Å²) >= 11 is 0. The lowest BCUT2D eigenvalue weighted by Crippen LogP contribution is -2.39. The van der Waals surface area contributed by atoms with Crippen LogP contribution in [0.25, 0.3) is 11.1 Å².